The minimum Gasteiger partial charge on any atom is -0.289 e. The quantitative estimate of drug-likeness (QED) is 0.506. The molecule has 1 atom stereocenters. The third kappa shape index (κ3) is 4.02. The van der Waals surface area contributed by atoms with Crippen molar-refractivity contribution in [2.24, 2.45) is 0 Å². The van der Waals surface area contributed by atoms with Gasteiger partial charge in [0.15, 0.2) is 0 Å². The Morgan fingerprint density at radius 2 is 1.77 bits per heavy atom. The zero-order valence-corrected chi connectivity index (χ0v) is 12.0. The standard InChI is InChI=1S/C15H12F3NO2S/c16-15(17,18)11-7-4-8-12(9-11)22-13(14(20)19-21)10-5-2-1-3-6-10/h1-9,13,21H,(H,19,20). The molecular formula is C15H12F3NO2S. The van der Waals surface area contributed by atoms with Gasteiger partial charge in [0.05, 0.1) is 5.56 Å². The van der Waals surface area contributed by atoms with E-state index in [0.717, 1.165) is 23.9 Å². The fraction of sp³-hybridized carbons (Fsp3) is 0.133. The second kappa shape index (κ2) is 6.85. The summed E-state index contributed by atoms with van der Waals surface area (Å²) in [6.07, 6.45) is -4.45. The molecule has 0 aliphatic carbocycles. The summed E-state index contributed by atoms with van der Waals surface area (Å²) in [4.78, 5) is 12.1. The van der Waals surface area contributed by atoms with Crippen LogP contribution in [0.5, 0.6) is 0 Å². The lowest BCUT2D eigenvalue weighted by Crippen LogP contribution is -2.24. The van der Waals surface area contributed by atoms with Crippen LogP contribution in [0.25, 0.3) is 0 Å². The largest absolute Gasteiger partial charge is 0.416 e. The number of carbonyl (C=O) groups excluding carboxylic acids is 1. The molecule has 0 heterocycles. The first-order chi connectivity index (χ1) is 10.4. The van der Waals surface area contributed by atoms with E-state index in [2.05, 4.69) is 0 Å². The second-order valence-electron chi connectivity index (χ2n) is 4.41. The molecule has 2 N–H and O–H groups in total. The van der Waals surface area contributed by atoms with E-state index in [1.165, 1.54) is 12.1 Å². The molecule has 0 saturated carbocycles. The number of alkyl halides is 3. The number of thioether (sulfide) groups is 1. The lowest BCUT2D eigenvalue weighted by molar-refractivity contribution is -0.137. The van der Waals surface area contributed by atoms with E-state index in [1.54, 1.807) is 35.8 Å². The monoisotopic (exact) mass is 327 g/mol. The number of amides is 1. The smallest absolute Gasteiger partial charge is 0.289 e. The Labute approximate surface area is 129 Å². The Morgan fingerprint density at radius 3 is 2.36 bits per heavy atom. The van der Waals surface area contributed by atoms with Gasteiger partial charge in [-0.3, -0.25) is 10.0 Å². The van der Waals surface area contributed by atoms with Crippen molar-refractivity contribution in [3.8, 4) is 0 Å². The zero-order chi connectivity index (χ0) is 16.2. The van der Waals surface area contributed by atoms with Gasteiger partial charge >= 0.3 is 6.18 Å². The summed E-state index contributed by atoms with van der Waals surface area (Å²) in [5, 5.41) is 7.98. The molecule has 116 valence electrons. The molecular weight excluding hydrogens is 315 g/mol. The Hall–Kier alpha value is -1.99. The van der Waals surface area contributed by atoms with E-state index in [4.69, 9.17) is 5.21 Å². The van der Waals surface area contributed by atoms with Gasteiger partial charge in [0.1, 0.15) is 5.25 Å². The summed E-state index contributed by atoms with van der Waals surface area (Å²) < 4.78 is 38.2. The van der Waals surface area contributed by atoms with Crippen LogP contribution in [0.3, 0.4) is 0 Å². The van der Waals surface area contributed by atoms with E-state index in [-0.39, 0.29) is 4.90 Å². The van der Waals surface area contributed by atoms with Crippen LogP contribution in [0.15, 0.2) is 59.5 Å². The summed E-state index contributed by atoms with van der Waals surface area (Å²) in [5.74, 6) is -0.700. The van der Waals surface area contributed by atoms with E-state index < -0.39 is 22.9 Å². The highest BCUT2D eigenvalue weighted by molar-refractivity contribution is 8.00. The Kier molecular flexibility index (Phi) is 5.10. The van der Waals surface area contributed by atoms with Crippen molar-refractivity contribution in [3.63, 3.8) is 0 Å². The topological polar surface area (TPSA) is 49.3 Å². The third-order valence-electron chi connectivity index (χ3n) is 2.87. The second-order valence-corrected chi connectivity index (χ2v) is 5.59. The number of hydroxylamine groups is 1. The maximum absolute atomic E-state index is 12.7. The fourth-order valence-electron chi connectivity index (χ4n) is 1.84. The Morgan fingerprint density at radius 1 is 1.09 bits per heavy atom. The molecule has 2 rings (SSSR count). The van der Waals surface area contributed by atoms with Crippen molar-refractivity contribution in [1.29, 1.82) is 0 Å². The predicted octanol–water partition coefficient (Wildman–Crippen LogP) is 4.04. The normalized spacial score (nSPS) is 12.7. The van der Waals surface area contributed by atoms with Crippen molar-refractivity contribution in [2.45, 2.75) is 16.3 Å². The first-order valence-electron chi connectivity index (χ1n) is 6.24. The molecule has 2 aromatic rings. The maximum atomic E-state index is 12.7. The van der Waals surface area contributed by atoms with Crippen LogP contribution in [0, 0.1) is 0 Å². The molecule has 1 unspecified atom stereocenters. The highest BCUT2D eigenvalue weighted by atomic mass is 32.2. The average Bonchev–Trinajstić information content (AvgIpc) is 2.52. The SMILES string of the molecule is O=C(NO)C(Sc1cccc(C(F)(F)F)c1)c1ccccc1. The first-order valence-corrected chi connectivity index (χ1v) is 7.12. The summed E-state index contributed by atoms with van der Waals surface area (Å²) >= 11 is 0.933. The number of carbonyl (C=O) groups is 1. The van der Waals surface area contributed by atoms with Crippen LogP contribution < -0.4 is 5.48 Å². The van der Waals surface area contributed by atoms with Gasteiger partial charge in [-0.2, -0.15) is 13.2 Å². The highest BCUT2D eigenvalue weighted by Gasteiger charge is 2.31. The van der Waals surface area contributed by atoms with Crippen LogP contribution in [0.1, 0.15) is 16.4 Å². The average molecular weight is 327 g/mol. The van der Waals surface area contributed by atoms with Crippen molar-refractivity contribution >= 4 is 17.7 Å². The molecule has 0 radical (unpaired) electrons. The molecule has 2 aromatic carbocycles. The molecule has 0 spiro atoms. The Bertz CT molecular complexity index is 647. The van der Waals surface area contributed by atoms with Crippen molar-refractivity contribution in [3.05, 3.63) is 65.7 Å². The van der Waals surface area contributed by atoms with Gasteiger partial charge in [-0.1, -0.05) is 36.4 Å². The molecule has 0 aliphatic rings. The molecule has 3 nitrogen and oxygen atoms in total. The fourth-order valence-corrected chi connectivity index (χ4v) is 2.92. The molecule has 0 fully saturated rings. The molecule has 1 amide bonds. The maximum Gasteiger partial charge on any atom is 0.416 e. The van der Waals surface area contributed by atoms with Gasteiger partial charge in [0, 0.05) is 4.90 Å². The van der Waals surface area contributed by atoms with Crippen molar-refractivity contribution < 1.29 is 23.2 Å². The van der Waals surface area contributed by atoms with E-state index in [1.807, 2.05) is 0 Å². The minimum absolute atomic E-state index is 0.285. The van der Waals surface area contributed by atoms with Gasteiger partial charge < -0.3 is 0 Å². The minimum atomic E-state index is -4.45. The summed E-state index contributed by atoms with van der Waals surface area (Å²) in [6.45, 7) is 0. The predicted molar refractivity (Wildman–Crippen MR) is 76.4 cm³/mol. The lowest BCUT2D eigenvalue weighted by Gasteiger charge is -2.16. The van der Waals surface area contributed by atoms with E-state index in [0.29, 0.717) is 5.56 Å². The number of benzene rings is 2. The van der Waals surface area contributed by atoms with Crippen molar-refractivity contribution in [1.82, 2.24) is 5.48 Å². The summed E-state index contributed by atoms with van der Waals surface area (Å²) in [5.41, 5.74) is 1.34. The molecule has 22 heavy (non-hydrogen) atoms. The van der Waals surface area contributed by atoms with Gasteiger partial charge in [-0.05, 0) is 23.8 Å². The van der Waals surface area contributed by atoms with Crippen LogP contribution in [-0.2, 0) is 11.0 Å². The highest BCUT2D eigenvalue weighted by Crippen LogP contribution is 2.38. The molecule has 0 bridgehead atoms. The number of nitrogens with one attached hydrogen (secondary N) is 1. The number of hydrogen-bond donors (Lipinski definition) is 2. The van der Waals surface area contributed by atoms with Gasteiger partial charge in [0.2, 0.25) is 0 Å². The molecule has 0 aromatic heterocycles. The number of halogens is 3. The van der Waals surface area contributed by atoms with E-state index in [9.17, 15) is 18.0 Å². The molecule has 7 heteroatoms. The van der Waals surface area contributed by atoms with Gasteiger partial charge in [0.25, 0.3) is 5.91 Å². The number of rotatable bonds is 4. The van der Waals surface area contributed by atoms with Gasteiger partial charge in [-0.15, -0.1) is 11.8 Å². The van der Waals surface area contributed by atoms with Crippen LogP contribution in [0.4, 0.5) is 13.2 Å². The summed E-state index contributed by atoms with van der Waals surface area (Å²) in [7, 11) is 0. The first kappa shape index (κ1) is 16.4. The number of hydrogen-bond acceptors (Lipinski definition) is 3. The Balaban J connectivity index is 2.30. The van der Waals surface area contributed by atoms with E-state index >= 15 is 0 Å². The molecule has 0 saturated heterocycles. The van der Waals surface area contributed by atoms with Crippen LogP contribution in [0.2, 0.25) is 0 Å². The zero-order valence-electron chi connectivity index (χ0n) is 11.2. The summed E-state index contributed by atoms with van der Waals surface area (Å²) in [6, 6.07) is 13.2. The van der Waals surface area contributed by atoms with Crippen LogP contribution >= 0.6 is 11.8 Å². The van der Waals surface area contributed by atoms with Crippen LogP contribution in [-0.4, -0.2) is 11.1 Å². The lowest BCUT2D eigenvalue weighted by atomic mass is 10.1. The van der Waals surface area contributed by atoms with Crippen molar-refractivity contribution in [2.75, 3.05) is 0 Å². The molecule has 0 aliphatic heterocycles. The van der Waals surface area contributed by atoms with Gasteiger partial charge in [-0.25, -0.2) is 5.48 Å². The third-order valence-corrected chi connectivity index (χ3v) is 4.11.